The summed E-state index contributed by atoms with van der Waals surface area (Å²) in [5.41, 5.74) is 2.08. The van der Waals surface area contributed by atoms with Crippen LogP contribution in [0.15, 0.2) is 36.4 Å². The molecule has 0 atom stereocenters. The van der Waals surface area contributed by atoms with E-state index >= 15 is 0 Å². The van der Waals surface area contributed by atoms with Crippen molar-refractivity contribution in [3.05, 3.63) is 46.8 Å². The van der Waals surface area contributed by atoms with E-state index in [2.05, 4.69) is 10.3 Å². The first kappa shape index (κ1) is 20.5. The summed E-state index contributed by atoms with van der Waals surface area (Å²) < 4.78 is 21.2. The maximum absolute atomic E-state index is 12.9. The van der Waals surface area contributed by atoms with E-state index < -0.39 is 0 Å². The first-order valence-corrected chi connectivity index (χ1v) is 9.56. The highest BCUT2D eigenvalue weighted by atomic mass is 32.1. The van der Waals surface area contributed by atoms with Crippen LogP contribution in [0.1, 0.15) is 15.2 Å². The van der Waals surface area contributed by atoms with Crippen LogP contribution in [0.3, 0.4) is 0 Å². The number of aryl methyl sites for hydroxylation is 1. The fourth-order valence-electron chi connectivity index (χ4n) is 2.91. The number of thiazole rings is 1. The van der Waals surface area contributed by atoms with Crippen molar-refractivity contribution in [2.45, 2.75) is 6.92 Å². The molecule has 0 aliphatic heterocycles. The van der Waals surface area contributed by atoms with Crippen LogP contribution in [0.2, 0.25) is 0 Å². The fourth-order valence-corrected chi connectivity index (χ4v) is 3.74. The Balaban J connectivity index is 1.88. The third-order valence-electron chi connectivity index (χ3n) is 4.33. The molecule has 0 radical (unpaired) electrons. The summed E-state index contributed by atoms with van der Waals surface area (Å²) in [5, 5.41) is 3.34. The molecular formula is C21H22N2O5S. The largest absolute Gasteiger partial charge is 0.497 e. The predicted molar refractivity (Wildman–Crippen MR) is 113 cm³/mol. The molecule has 0 saturated heterocycles. The number of nitrogens with one attached hydrogen (secondary N) is 1. The number of aromatic nitrogens is 1. The Kier molecular flexibility index (Phi) is 6.23. The molecule has 1 aromatic heterocycles. The van der Waals surface area contributed by atoms with Gasteiger partial charge in [-0.25, -0.2) is 4.98 Å². The van der Waals surface area contributed by atoms with Gasteiger partial charge < -0.3 is 18.9 Å². The molecule has 0 aliphatic carbocycles. The molecule has 0 saturated carbocycles. The molecular weight excluding hydrogens is 392 g/mol. The van der Waals surface area contributed by atoms with Gasteiger partial charge in [-0.15, -0.1) is 11.3 Å². The molecule has 0 fully saturated rings. The number of methoxy groups -OCH3 is 4. The molecule has 2 aromatic carbocycles. The van der Waals surface area contributed by atoms with Gasteiger partial charge in [-0.05, 0) is 43.3 Å². The van der Waals surface area contributed by atoms with Crippen molar-refractivity contribution >= 4 is 22.4 Å². The summed E-state index contributed by atoms with van der Waals surface area (Å²) in [5.74, 6) is 1.56. The van der Waals surface area contributed by atoms with Crippen LogP contribution < -0.4 is 24.3 Å². The molecule has 7 nitrogen and oxygen atoms in total. The van der Waals surface area contributed by atoms with Crippen LogP contribution in [-0.4, -0.2) is 39.3 Å². The average Bonchev–Trinajstić information content (AvgIpc) is 3.12. The number of carbonyl (C=O) groups excluding carboxylic acids is 1. The topological polar surface area (TPSA) is 78.9 Å². The van der Waals surface area contributed by atoms with Gasteiger partial charge in [0.2, 0.25) is 5.75 Å². The summed E-state index contributed by atoms with van der Waals surface area (Å²) in [4.78, 5) is 18.4. The highest BCUT2D eigenvalue weighted by Crippen LogP contribution is 2.40. The molecule has 0 aliphatic rings. The molecule has 8 heteroatoms. The molecule has 3 aromatic rings. The zero-order valence-corrected chi connectivity index (χ0v) is 17.7. The van der Waals surface area contributed by atoms with E-state index in [0.29, 0.717) is 27.9 Å². The van der Waals surface area contributed by atoms with Gasteiger partial charge in [-0.3, -0.25) is 10.1 Å². The molecule has 1 N–H and O–H groups in total. The van der Waals surface area contributed by atoms with E-state index in [4.69, 9.17) is 18.9 Å². The number of carbonyl (C=O) groups is 1. The average molecular weight is 414 g/mol. The quantitative estimate of drug-likeness (QED) is 0.617. The summed E-state index contributed by atoms with van der Waals surface area (Å²) in [6.07, 6.45) is 0. The van der Waals surface area contributed by atoms with E-state index in [0.717, 1.165) is 21.9 Å². The summed E-state index contributed by atoms with van der Waals surface area (Å²) in [6.45, 7) is 1.96. The van der Waals surface area contributed by atoms with Gasteiger partial charge in [0.15, 0.2) is 16.6 Å². The lowest BCUT2D eigenvalue weighted by Gasteiger charge is -2.15. The maximum Gasteiger partial charge on any atom is 0.261 e. The summed E-state index contributed by atoms with van der Waals surface area (Å²) in [6, 6.07) is 10.9. The van der Waals surface area contributed by atoms with Crippen molar-refractivity contribution < 1.29 is 23.7 Å². The van der Waals surface area contributed by atoms with Crippen molar-refractivity contribution in [3.63, 3.8) is 0 Å². The molecule has 0 spiro atoms. The minimum atomic E-state index is -0.349. The summed E-state index contributed by atoms with van der Waals surface area (Å²) in [7, 11) is 6.12. The molecule has 0 unspecified atom stereocenters. The molecule has 152 valence electrons. The number of rotatable bonds is 7. The van der Waals surface area contributed by atoms with Crippen LogP contribution in [0.25, 0.3) is 11.3 Å². The van der Waals surface area contributed by atoms with Gasteiger partial charge >= 0.3 is 0 Å². The molecule has 29 heavy (non-hydrogen) atoms. The van der Waals surface area contributed by atoms with Gasteiger partial charge in [-0.2, -0.15) is 0 Å². The Morgan fingerprint density at radius 3 is 2.17 bits per heavy atom. The molecule has 3 rings (SSSR count). The normalized spacial score (nSPS) is 10.4. The lowest BCUT2D eigenvalue weighted by molar-refractivity contribution is 0.102. The number of ether oxygens (including phenoxy) is 4. The lowest BCUT2D eigenvalue weighted by Crippen LogP contribution is -2.13. The van der Waals surface area contributed by atoms with Crippen LogP contribution in [0.5, 0.6) is 23.0 Å². The van der Waals surface area contributed by atoms with E-state index in [1.165, 1.54) is 32.7 Å². The number of amides is 1. The van der Waals surface area contributed by atoms with Crippen molar-refractivity contribution in [3.8, 4) is 34.3 Å². The predicted octanol–water partition coefficient (Wildman–Crippen LogP) is 4.41. The minimum absolute atomic E-state index is 0.299. The molecule has 1 heterocycles. The smallest absolute Gasteiger partial charge is 0.261 e. The maximum atomic E-state index is 12.9. The number of hydrogen-bond acceptors (Lipinski definition) is 7. The number of hydrogen-bond donors (Lipinski definition) is 1. The molecule has 1 amide bonds. The van der Waals surface area contributed by atoms with Gasteiger partial charge in [0.05, 0.1) is 39.7 Å². The van der Waals surface area contributed by atoms with Crippen LogP contribution in [0, 0.1) is 6.92 Å². The monoisotopic (exact) mass is 414 g/mol. The third-order valence-corrected chi connectivity index (χ3v) is 5.22. The Bertz CT molecular complexity index is 1010. The highest BCUT2D eigenvalue weighted by Gasteiger charge is 2.22. The van der Waals surface area contributed by atoms with E-state index in [9.17, 15) is 4.79 Å². The van der Waals surface area contributed by atoms with Crippen molar-refractivity contribution in [2.75, 3.05) is 33.8 Å². The number of nitrogens with zero attached hydrogens (tertiary/aromatic N) is 1. The van der Waals surface area contributed by atoms with E-state index in [1.807, 2.05) is 31.2 Å². The Labute approximate surface area is 173 Å². The first-order valence-electron chi connectivity index (χ1n) is 8.74. The zero-order chi connectivity index (χ0) is 21.0. The molecule has 0 bridgehead atoms. The van der Waals surface area contributed by atoms with Gasteiger partial charge in [-0.1, -0.05) is 0 Å². The Morgan fingerprint density at radius 2 is 1.59 bits per heavy atom. The van der Waals surface area contributed by atoms with Crippen molar-refractivity contribution in [2.24, 2.45) is 0 Å². The first-order chi connectivity index (χ1) is 14.0. The van der Waals surface area contributed by atoms with Crippen molar-refractivity contribution in [1.29, 1.82) is 0 Å². The standard InChI is InChI=1S/C21H22N2O5S/c1-12-17(13-6-8-14(25-2)9-7-13)22-21(29-12)23-20(24)15-10-11-16(26-3)19(28-5)18(15)27-4/h6-11H,1-5H3,(H,22,23,24). The second-order valence-corrected chi connectivity index (χ2v) is 7.19. The van der Waals surface area contributed by atoms with Crippen LogP contribution >= 0.6 is 11.3 Å². The van der Waals surface area contributed by atoms with Gasteiger partial charge in [0.1, 0.15) is 5.75 Å². The summed E-state index contributed by atoms with van der Waals surface area (Å²) >= 11 is 1.40. The van der Waals surface area contributed by atoms with E-state index in [-0.39, 0.29) is 5.91 Å². The van der Waals surface area contributed by atoms with Crippen molar-refractivity contribution in [1.82, 2.24) is 4.98 Å². The Morgan fingerprint density at radius 1 is 0.897 bits per heavy atom. The SMILES string of the molecule is COc1ccc(-c2nc(NC(=O)c3ccc(OC)c(OC)c3OC)sc2C)cc1. The van der Waals surface area contributed by atoms with E-state index in [1.54, 1.807) is 19.2 Å². The fraction of sp³-hybridized carbons (Fsp3) is 0.238. The minimum Gasteiger partial charge on any atom is -0.497 e. The number of benzene rings is 2. The second-order valence-electron chi connectivity index (χ2n) is 5.99. The number of anilines is 1. The van der Waals surface area contributed by atoms with Gasteiger partial charge in [0, 0.05) is 10.4 Å². The third kappa shape index (κ3) is 4.12. The van der Waals surface area contributed by atoms with Crippen LogP contribution in [0.4, 0.5) is 5.13 Å². The zero-order valence-electron chi connectivity index (χ0n) is 16.9. The van der Waals surface area contributed by atoms with Gasteiger partial charge in [0.25, 0.3) is 5.91 Å². The second kappa shape index (κ2) is 8.83. The Hall–Kier alpha value is -3.26. The van der Waals surface area contributed by atoms with Crippen LogP contribution in [-0.2, 0) is 0 Å². The highest BCUT2D eigenvalue weighted by molar-refractivity contribution is 7.16. The lowest BCUT2D eigenvalue weighted by atomic mass is 10.1.